The Bertz CT molecular complexity index is 418. The van der Waals surface area contributed by atoms with Crippen molar-refractivity contribution in [2.75, 3.05) is 31.9 Å². The first-order chi connectivity index (χ1) is 9.13. The predicted octanol–water partition coefficient (Wildman–Crippen LogP) is 2.84. The van der Waals surface area contributed by atoms with Crippen molar-refractivity contribution in [2.24, 2.45) is 0 Å². The van der Waals surface area contributed by atoms with Gasteiger partial charge in [-0.3, -0.25) is 9.80 Å². The van der Waals surface area contributed by atoms with Gasteiger partial charge in [0, 0.05) is 36.4 Å². The lowest BCUT2D eigenvalue weighted by Crippen LogP contribution is -2.37. The summed E-state index contributed by atoms with van der Waals surface area (Å²) in [7, 11) is 0. The summed E-state index contributed by atoms with van der Waals surface area (Å²) >= 11 is 6.04. The van der Waals surface area contributed by atoms with Crippen LogP contribution < -0.4 is 5.73 Å². The van der Waals surface area contributed by atoms with E-state index < -0.39 is 0 Å². The molecule has 0 aromatic heterocycles. The molecule has 0 bridgehead atoms. The largest absolute Gasteiger partial charge is 0.398 e. The van der Waals surface area contributed by atoms with Gasteiger partial charge in [0.1, 0.15) is 0 Å². The molecule has 2 rings (SSSR count). The summed E-state index contributed by atoms with van der Waals surface area (Å²) < 4.78 is 0. The van der Waals surface area contributed by atoms with Crippen LogP contribution in [0.5, 0.6) is 0 Å². The Balaban J connectivity index is 1.96. The molecule has 0 radical (unpaired) electrons. The first-order valence-corrected chi connectivity index (χ1v) is 7.52. The van der Waals surface area contributed by atoms with Crippen molar-refractivity contribution in [3.05, 3.63) is 28.8 Å². The Hall–Kier alpha value is -0.770. The van der Waals surface area contributed by atoms with E-state index in [0.29, 0.717) is 6.04 Å². The predicted molar refractivity (Wildman–Crippen MR) is 82.5 cm³/mol. The molecule has 1 fully saturated rings. The molecule has 1 aromatic rings. The van der Waals surface area contributed by atoms with Gasteiger partial charge in [-0.1, -0.05) is 25.4 Å². The van der Waals surface area contributed by atoms with Gasteiger partial charge in [-0.2, -0.15) is 0 Å². The molecule has 106 valence electrons. The Labute approximate surface area is 121 Å². The fraction of sp³-hybridized carbons (Fsp3) is 0.600. The van der Waals surface area contributed by atoms with E-state index >= 15 is 0 Å². The standard InChI is InChI=1S/C15H24ClN3/c1-3-19(4-2)14-7-8-18(11-14)10-12-9-13(16)5-6-15(12)17/h5-6,9,14H,3-4,7-8,10-11,17H2,1-2H3. The lowest BCUT2D eigenvalue weighted by Gasteiger charge is -2.26. The number of hydrogen-bond acceptors (Lipinski definition) is 3. The van der Waals surface area contributed by atoms with Crippen molar-refractivity contribution in [3.63, 3.8) is 0 Å². The van der Waals surface area contributed by atoms with Crippen LogP contribution in [0, 0.1) is 0 Å². The number of rotatable bonds is 5. The molecule has 0 spiro atoms. The van der Waals surface area contributed by atoms with Gasteiger partial charge in [0.2, 0.25) is 0 Å². The van der Waals surface area contributed by atoms with Gasteiger partial charge in [0.05, 0.1) is 0 Å². The fourth-order valence-corrected chi connectivity index (χ4v) is 3.14. The van der Waals surface area contributed by atoms with Crippen molar-refractivity contribution >= 4 is 17.3 Å². The second-order valence-corrected chi connectivity index (χ2v) is 5.68. The molecule has 0 saturated carbocycles. The summed E-state index contributed by atoms with van der Waals surface area (Å²) in [6, 6.07) is 6.43. The van der Waals surface area contributed by atoms with Crippen molar-refractivity contribution in [1.29, 1.82) is 0 Å². The van der Waals surface area contributed by atoms with E-state index in [1.807, 2.05) is 18.2 Å². The first kappa shape index (κ1) is 14.6. The van der Waals surface area contributed by atoms with E-state index in [2.05, 4.69) is 23.6 Å². The van der Waals surface area contributed by atoms with Gasteiger partial charge in [-0.25, -0.2) is 0 Å². The van der Waals surface area contributed by atoms with Crippen LogP contribution >= 0.6 is 11.6 Å². The summed E-state index contributed by atoms with van der Waals surface area (Å²) in [6.07, 6.45) is 1.25. The van der Waals surface area contributed by atoms with Crippen LogP contribution in [0.15, 0.2) is 18.2 Å². The number of hydrogen-bond donors (Lipinski definition) is 1. The number of likely N-dealkylation sites (N-methyl/N-ethyl adjacent to an activating group) is 1. The molecule has 3 nitrogen and oxygen atoms in total. The number of nitrogens with zero attached hydrogens (tertiary/aromatic N) is 2. The molecule has 1 aliphatic rings. The van der Waals surface area contributed by atoms with E-state index in [-0.39, 0.29) is 0 Å². The average Bonchev–Trinajstić information content (AvgIpc) is 2.84. The smallest absolute Gasteiger partial charge is 0.0410 e. The summed E-state index contributed by atoms with van der Waals surface area (Å²) in [5, 5.41) is 0.767. The normalized spacial score (nSPS) is 20.3. The topological polar surface area (TPSA) is 32.5 Å². The highest BCUT2D eigenvalue weighted by Crippen LogP contribution is 2.23. The first-order valence-electron chi connectivity index (χ1n) is 7.14. The van der Waals surface area contributed by atoms with E-state index in [1.165, 1.54) is 6.42 Å². The third-order valence-corrected chi connectivity index (χ3v) is 4.31. The van der Waals surface area contributed by atoms with Gasteiger partial charge < -0.3 is 5.73 Å². The van der Waals surface area contributed by atoms with Crippen LogP contribution in [0.1, 0.15) is 25.8 Å². The molecule has 1 aromatic carbocycles. The summed E-state index contributed by atoms with van der Waals surface area (Å²) in [5.74, 6) is 0. The molecule has 1 heterocycles. The minimum Gasteiger partial charge on any atom is -0.398 e. The van der Waals surface area contributed by atoms with Crippen LogP contribution in [0.25, 0.3) is 0 Å². The lowest BCUT2D eigenvalue weighted by molar-refractivity contribution is 0.209. The van der Waals surface area contributed by atoms with Crippen LogP contribution in [0.4, 0.5) is 5.69 Å². The van der Waals surface area contributed by atoms with Crippen molar-refractivity contribution < 1.29 is 0 Å². The number of likely N-dealkylation sites (tertiary alicyclic amines) is 1. The highest BCUT2D eigenvalue weighted by molar-refractivity contribution is 6.30. The minimum absolute atomic E-state index is 0.690. The maximum Gasteiger partial charge on any atom is 0.0410 e. The SMILES string of the molecule is CCN(CC)C1CCN(Cc2cc(Cl)ccc2N)C1. The van der Waals surface area contributed by atoms with Crippen LogP contribution in [-0.2, 0) is 6.54 Å². The van der Waals surface area contributed by atoms with E-state index in [0.717, 1.165) is 49.0 Å². The third-order valence-electron chi connectivity index (χ3n) is 4.08. The quantitative estimate of drug-likeness (QED) is 0.843. The molecule has 4 heteroatoms. The maximum atomic E-state index is 6.04. The van der Waals surface area contributed by atoms with Crippen molar-refractivity contribution in [2.45, 2.75) is 32.9 Å². The van der Waals surface area contributed by atoms with E-state index in [4.69, 9.17) is 17.3 Å². The Morgan fingerprint density at radius 2 is 2.11 bits per heavy atom. The lowest BCUT2D eigenvalue weighted by atomic mass is 10.1. The number of nitrogen functional groups attached to an aromatic ring is 1. The molecule has 0 aliphatic carbocycles. The van der Waals surface area contributed by atoms with Gasteiger partial charge in [-0.05, 0) is 43.3 Å². The number of halogens is 1. The Morgan fingerprint density at radius 3 is 2.79 bits per heavy atom. The van der Waals surface area contributed by atoms with Crippen molar-refractivity contribution in [3.8, 4) is 0 Å². The summed E-state index contributed by atoms with van der Waals surface area (Å²) in [4.78, 5) is 5.02. The van der Waals surface area contributed by atoms with Gasteiger partial charge in [-0.15, -0.1) is 0 Å². The second kappa shape index (κ2) is 6.60. The number of nitrogens with two attached hydrogens (primary N) is 1. The zero-order chi connectivity index (χ0) is 13.8. The molecule has 1 saturated heterocycles. The molecule has 1 unspecified atom stereocenters. The highest BCUT2D eigenvalue weighted by Gasteiger charge is 2.26. The summed E-state index contributed by atoms with van der Waals surface area (Å²) in [5.41, 5.74) is 8.01. The number of anilines is 1. The number of benzene rings is 1. The highest BCUT2D eigenvalue weighted by atomic mass is 35.5. The van der Waals surface area contributed by atoms with Crippen LogP contribution in [0.2, 0.25) is 5.02 Å². The average molecular weight is 282 g/mol. The third kappa shape index (κ3) is 3.62. The molecule has 1 atom stereocenters. The molecule has 0 amide bonds. The zero-order valence-electron chi connectivity index (χ0n) is 11.9. The molecular weight excluding hydrogens is 258 g/mol. The van der Waals surface area contributed by atoms with E-state index in [1.54, 1.807) is 0 Å². The molecule has 1 aliphatic heterocycles. The van der Waals surface area contributed by atoms with E-state index in [9.17, 15) is 0 Å². The van der Waals surface area contributed by atoms with Crippen LogP contribution in [-0.4, -0.2) is 42.0 Å². The zero-order valence-corrected chi connectivity index (χ0v) is 12.7. The Kier molecular flexibility index (Phi) is 5.08. The monoisotopic (exact) mass is 281 g/mol. The second-order valence-electron chi connectivity index (χ2n) is 5.24. The maximum absolute atomic E-state index is 6.04. The van der Waals surface area contributed by atoms with Crippen molar-refractivity contribution in [1.82, 2.24) is 9.80 Å². The van der Waals surface area contributed by atoms with Gasteiger partial charge in [0.15, 0.2) is 0 Å². The minimum atomic E-state index is 0.690. The molecular formula is C15H24ClN3. The molecule has 2 N–H and O–H groups in total. The Morgan fingerprint density at radius 1 is 1.37 bits per heavy atom. The summed E-state index contributed by atoms with van der Waals surface area (Å²) in [6.45, 7) is 9.93. The van der Waals surface area contributed by atoms with Gasteiger partial charge in [0.25, 0.3) is 0 Å². The molecule has 19 heavy (non-hydrogen) atoms. The van der Waals surface area contributed by atoms with Crippen LogP contribution in [0.3, 0.4) is 0 Å². The van der Waals surface area contributed by atoms with Gasteiger partial charge >= 0.3 is 0 Å². The fourth-order valence-electron chi connectivity index (χ4n) is 2.95.